The number of fused-ring (bicyclic) bond motifs is 1. The molecule has 7 nitrogen and oxygen atoms in total. The lowest BCUT2D eigenvalue weighted by molar-refractivity contribution is 0.151. The molecule has 1 aliphatic heterocycles. The van der Waals surface area contributed by atoms with Gasteiger partial charge in [-0.2, -0.15) is 0 Å². The SMILES string of the molecule is Cc1cnc(NC(=O)Nc2cc3c(cc2OCC2CCCN(C)C2)CCCC3)cn1. The van der Waals surface area contributed by atoms with E-state index < -0.39 is 0 Å². The van der Waals surface area contributed by atoms with Gasteiger partial charge < -0.3 is 15.0 Å². The Bertz CT molecular complexity index is 884. The summed E-state index contributed by atoms with van der Waals surface area (Å²) in [5.74, 6) is 1.70. The number of ether oxygens (including phenoxy) is 1. The first-order valence-electron chi connectivity index (χ1n) is 10.9. The normalized spacial score (nSPS) is 19.1. The Kier molecular flexibility index (Phi) is 6.47. The van der Waals surface area contributed by atoms with Crippen LogP contribution >= 0.6 is 0 Å². The van der Waals surface area contributed by atoms with E-state index in [0.29, 0.717) is 18.3 Å². The number of likely N-dealkylation sites (tertiary alicyclic amines) is 1. The van der Waals surface area contributed by atoms with E-state index in [1.807, 2.05) is 6.92 Å². The zero-order valence-corrected chi connectivity index (χ0v) is 17.9. The molecule has 0 saturated carbocycles. The topological polar surface area (TPSA) is 79.4 Å². The van der Waals surface area contributed by atoms with Gasteiger partial charge in [-0.15, -0.1) is 0 Å². The molecule has 1 fully saturated rings. The number of piperidine rings is 1. The molecule has 0 bridgehead atoms. The summed E-state index contributed by atoms with van der Waals surface area (Å²) in [6, 6.07) is 3.87. The molecule has 2 heterocycles. The van der Waals surface area contributed by atoms with Gasteiger partial charge in [0, 0.05) is 12.5 Å². The highest BCUT2D eigenvalue weighted by Gasteiger charge is 2.20. The molecule has 1 aliphatic carbocycles. The first-order valence-corrected chi connectivity index (χ1v) is 10.9. The van der Waals surface area contributed by atoms with E-state index in [2.05, 4.69) is 44.7 Å². The summed E-state index contributed by atoms with van der Waals surface area (Å²) in [4.78, 5) is 23.3. The van der Waals surface area contributed by atoms with E-state index in [4.69, 9.17) is 4.74 Å². The van der Waals surface area contributed by atoms with Crippen molar-refractivity contribution in [1.29, 1.82) is 0 Å². The zero-order chi connectivity index (χ0) is 20.9. The van der Waals surface area contributed by atoms with Crippen molar-refractivity contribution in [3.8, 4) is 5.75 Å². The van der Waals surface area contributed by atoms with Gasteiger partial charge in [-0.25, -0.2) is 9.78 Å². The summed E-state index contributed by atoms with van der Waals surface area (Å²) in [6.07, 6.45) is 10.1. The predicted octanol–water partition coefficient (Wildman–Crippen LogP) is 4.03. The maximum absolute atomic E-state index is 12.6. The lowest BCUT2D eigenvalue weighted by Crippen LogP contribution is -2.34. The van der Waals surface area contributed by atoms with Crippen molar-refractivity contribution in [2.45, 2.75) is 45.4 Å². The van der Waals surface area contributed by atoms with Gasteiger partial charge in [0.25, 0.3) is 0 Å². The number of aromatic nitrogens is 2. The Morgan fingerprint density at radius 3 is 2.67 bits per heavy atom. The maximum atomic E-state index is 12.6. The summed E-state index contributed by atoms with van der Waals surface area (Å²) in [7, 11) is 2.16. The molecule has 2 aromatic rings. The van der Waals surface area contributed by atoms with Gasteiger partial charge in [0.15, 0.2) is 5.82 Å². The smallest absolute Gasteiger partial charge is 0.324 e. The second-order valence-corrected chi connectivity index (χ2v) is 8.53. The van der Waals surface area contributed by atoms with Crippen LogP contribution in [-0.4, -0.2) is 47.6 Å². The van der Waals surface area contributed by atoms with Crippen LogP contribution < -0.4 is 15.4 Å². The van der Waals surface area contributed by atoms with E-state index >= 15 is 0 Å². The molecule has 2 aliphatic rings. The monoisotopic (exact) mass is 409 g/mol. The third-order valence-corrected chi connectivity index (χ3v) is 5.91. The van der Waals surface area contributed by atoms with Gasteiger partial charge in [-0.05, 0) is 82.3 Å². The molecular weight excluding hydrogens is 378 g/mol. The number of amides is 2. The van der Waals surface area contributed by atoms with Crippen molar-refractivity contribution >= 4 is 17.5 Å². The van der Waals surface area contributed by atoms with Crippen molar-refractivity contribution < 1.29 is 9.53 Å². The first-order chi connectivity index (χ1) is 14.6. The number of carbonyl (C=O) groups is 1. The van der Waals surface area contributed by atoms with Crippen molar-refractivity contribution in [1.82, 2.24) is 14.9 Å². The Balaban J connectivity index is 1.48. The highest BCUT2D eigenvalue weighted by atomic mass is 16.5. The van der Waals surface area contributed by atoms with Crippen LogP contribution in [0.1, 0.15) is 42.5 Å². The minimum absolute atomic E-state index is 0.342. The van der Waals surface area contributed by atoms with Crippen molar-refractivity contribution in [2.75, 3.05) is 37.4 Å². The van der Waals surface area contributed by atoms with Gasteiger partial charge in [-0.1, -0.05) is 0 Å². The number of anilines is 2. The maximum Gasteiger partial charge on any atom is 0.324 e. The number of benzene rings is 1. The first kappa shape index (κ1) is 20.6. The fourth-order valence-corrected chi connectivity index (χ4v) is 4.32. The fraction of sp³-hybridized carbons (Fsp3) is 0.522. The van der Waals surface area contributed by atoms with E-state index in [-0.39, 0.29) is 6.03 Å². The third-order valence-electron chi connectivity index (χ3n) is 5.91. The van der Waals surface area contributed by atoms with Crippen molar-refractivity contribution in [3.63, 3.8) is 0 Å². The molecule has 1 aromatic heterocycles. The number of carbonyl (C=O) groups excluding carboxylic acids is 1. The molecule has 30 heavy (non-hydrogen) atoms. The van der Waals surface area contributed by atoms with E-state index in [1.54, 1.807) is 12.4 Å². The zero-order valence-electron chi connectivity index (χ0n) is 17.9. The van der Waals surface area contributed by atoms with Crippen LogP contribution in [0.5, 0.6) is 5.75 Å². The molecule has 0 radical (unpaired) electrons. The minimum atomic E-state index is -0.342. The molecule has 0 spiro atoms. The molecule has 1 saturated heterocycles. The highest BCUT2D eigenvalue weighted by Crippen LogP contribution is 2.33. The van der Waals surface area contributed by atoms with Crippen LogP contribution in [0.25, 0.3) is 0 Å². The third kappa shape index (κ3) is 5.27. The van der Waals surface area contributed by atoms with E-state index in [1.165, 1.54) is 36.8 Å². The Hall–Kier alpha value is -2.67. The Morgan fingerprint density at radius 2 is 1.93 bits per heavy atom. The summed E-state index contributed by atoms with van der Waals surface area (Å²) < 4.78 is 6.26. The Labute approximate surface area is 178 Å². The standard InChI is InChI=1S/C23H31N5O2/c1-16-12-25-22(13-24-16)27-23(29)26-20-10-18-7-3-4-8-19(18)11-21(20)30-15-17-6-5-9-28(2)14-17/h10-13,17H,3-9,14-15H2,1-2H3,(H2,25,26,27,29). The summed E-state index contributed by atoms with van der Waals surface area (Å²) in [6.45, 7) is 4.74. The van der Waals surface area contributed by atoms with Gasteiger partial charge in [-0.3, -0.25) is 10.3 Å². The molecule has 7 heteroatoms. The van der Waals surface area contributed by atoms with E-state index in [0.717, 1.165) is 43.1 Å². The number of rotatable bonds is 5. The molecule has 2 amide bonds. The van der Waals surface area contributed by atoms with Crippen LogP contribution in [0, 0.1) is 12.8 Å². The quantitative estimate of drug-likeness (QED) is 0.779. The van der Waals surface area contributed by atoms with Gasteiger partial charge in [0.05, 0.1) is 30.4 Å². The largest absolute Gasteiger partial charge is 0.491 e. The van der Waals surface area contributed by atoms with Crippen LogP contribution in [0.3, 0.4) is 0 Å². The minimum Gasteiger partial charge on any atom is -0.491 e. The average molecular weight is 410 g/mol. The van der Waals surface area contributed by atoms with Crippen LogP contribution in [0.15, 0.2) is 24.5 Å². The predicted molar refractivity (Wildman–Crippen MR) is 118 cm³/mol. The van der Waals surface area contributed by atoms with Crippen LogP contribution in [-0.2, 0) is 12.8 Å². The van der Waals surface area contributed by atoms with Gasteiger partial charge in [0.2, 0.25) is 0 Å². The summed E-state index contributed by atoms with van der Waals surface area (Å²) in [5, 5.41) is 5.72. The summed E-state index contributed by atoms with van der Waals surface area (Å²) >= 11 is 0. The average Bonchev–Trinajstić information content (AvgIpc) is 2.74. The van der Waals surface area contributed by atoms with Crippen LogP contribution in [0.2, 0.25) is 0 Å². The lowest BCUT2D eigenvalue weighted by Gasteiger charge is -2.30. The number of nitrogens with one attached hydrogen (secondary N) is 2. The second-order valence-electron chi connectivity index (χ2n) is 8.53. The number of hydrogen-bond donors (Lipinski definition) is 2. The second kappa shape index (κ2) is 9.43. The fourth-order valence-electron chi connectivity index (χ4n) is 4.32. The van der Waals surface area contributed by atoms with E-state index in [9.17, 15) is 4.79 Å². The van der Waals surface area contributed by atoms with Crippen molar-refractivity contribution in [2.24, 2.45) is 5.92 Å². The lowest BCUT2D eigenvalue weighted by atomic mass is 9.91. The van der Waals surface area contributed by atoms with Crippen molar-refractivity contribution in [3.05, 3.63) is 41.3 Å². The molecule has 1 atom stereocenters. The molecule has 1 unspecified atom stereocenters. The molecule has 2 N–H and O–H groups in total. The highest BCUT2D eigenvalue weighted by molar-refractivity contribution is 6.00. The van der Waals surface area contributed by atoms with Crippen LogP contribution in [0.4, 0.5) is 16.3 Å². The molecular formula is C23H31N5O2. The molecule has 160 valence electrons. The molecule has 1 aromatic carbocycles. The molecule has 4 rings (SSSR count). The summed E-state index contributed by atoms with van der Waals surface area (Å²) in [5.41, 5.74) is 4.17. The number of nitrogens with zero attached hydrogens (tertiary/aromatic N) is 3. The van der Waals surface area contributed by atoms with Gasteiger partial charge >= 0.3 is 6.03 Å². The number of aryl methyl sites for hydroxylation is 3. The Morgan fingerprint density at radius 1 is 1.13 bits per heavy atom. The number of hydrogen-bond acceptors (Lipinski definition) is 5. The number of urea groups is 1. The van der Waals surface area contributed by atoms with Gasteiger partial charge in [0.1, 0.15) is 5.75 Å².